The van der Waals surface area contributed by atoms with Gasteiger partial charge in [-0.15, -0.1) is 0 Å². The summed E-state index contributed by atoms with van der Waals surface area (Å²) in [4.78, 5) is 54.9. The molecule has 0 saturated carbocycles. The molecule has 4 aromatic rings. The van der Waals surface area contributed by atoms with Crippen LogP contribution in [-0.4, -0.2) is 96.0 Å². The number of nitrogens with zero attached hydrogens (tertiary/aromatic N) is 4. The highest BCUT2D eigenvalue weighted by atomic mass is 35.5. The number of aliphatic hydroxyl groups is 2. The Morgan fingerprint density at radius 2 is 1.37 bits per heavy atom. The number of likely N-dealkylation sites (N-methyl/N-ethyl adjacent to an activating group) is 1. The summed E-state index contributed by atoms with van der Waals surface area (Å²) in [5.74, 6) is -3.38. The van der Waals surface area contributed by atoms with E-state index in [1.54, 1.807) is 22.9 Å². The van der Waals surface area contributed by atoms with Crippen molar-refractivity contribution in [3.05, 3.63) is 117 Å². The summed E-state index contributed by atoms with van der Waals surface area (Å²) in [5.41, 5.74) is 4.43. The smallest absolute Gasteiger partial charge is 0.335 e. The monoisotopic (exact) mass is 784 g/mol. The Balaban J connectivity index is 0.000000687. The molecular formula is C39H46ClFN4O8S. The van der Waals surface area contributed by atoms with Crippen LogP contribution in [0.5, 0.6) is 0 Å². The highest BCUT2D eigenvalue weighted by molar-refractivity contribution is 7.98. The molecule has 0 spiro atoms. The molecule has 15 heteroatoms. The van der Waals surface area contributed by atoms with Gasteiger partial charge in [-0.1, -0.05) is 99.1 Å². The summed E-state index contributed by atoms with van der Waals surface area (Å²) in [6, 6.07) is 22.3. The zero-order valence-corrected chi connectivity index (χ0v) is 32.0. The fraction of sp³-hybridized carbons (Fsp3) is 0.359. The van der Waals surface area contributed by atoms with Crippen LogP contribution in [0.1, 0.15) is 43.9 Å². The SMILES string of the molecule is CCCc1cn(CC(=O)N(CCN(CC)CC)Cc2ccc(-c3ccc(Cl)cc3)cc2)c(SCc2ccc(F)cc2)nc1=O.O=C(O)C(O)C(O)C(=O)O. The first kappa shape index (κ1) is 43.8. The van der Waals surface area contributed by atoms with E-state index in [-0.39, 0.29) is 23.8 Å². The van der Waals surface area contributed by atoms with Gasteiger partial charge in [-0.3, -0.25) is 9.59 Å². The summed E-state index contributed by atoms with van der Waals surface area (Å²) < 4.78 is 15.2. The Labute approximate surface area is 322 Å². The molecule has 1 heterocycles. The summed E-state index contributed by atoms with van der Waals surface area (Å²) in [6.07, 6.45) is -1.36. The van der Waals surface area contributed by atoms with E-state index in [0.717, 1.165) is 48.3 Å². The second-order valence-corrected chi connectivity index (χ2v) is 13.6. The van der Waals surface area contributed by atoms with Crippen LogP contribution in [0.2, 0.25) is 5.02 Å². The molecule has 12 nitrogen and oxygen atoms in total. The van der Waals surface area contributed by atoms with Crippen molar-refractivity contribution in [1.82, 2.24) is 19.4 Å². The number of aliphatic carboxylic acids is 2. The standard InChI is InChI=1S/C35H40ClFN4O2S.C4H6O6/c1-4-7-30-23-41(35(38-34(30)43)44-25-27-10-18-32(37)19-11-27)24-33(42)40(21-20-39(5-2)6-3)22-26-8-12-28(13-9-26)29-14-16-31(36)17-15-29;5-1(3(7)8)2(6)4(9)10/h8-19,23H,4-7,20-22,24-25H2,1-3H3;1-2,5-6H,(H,7,8)(H,9,10). The number of aliphatic hydroxyl groups excluding tert-OH is 2. The number of hydrogen-bond acceptors (Lipinski definition) is 9. The average molecular weight is 785 g/mol. The number of aromatic nitrogens is 2. The number of rotatable bonds is 18. The Kier molecular flexibility index (Phi) is 17.8. The zero-order valence-electron chi connectivity index (χ0n) is 30.4. The van der Waals surface area contributed by atoms with Crippen LogP contribution >= 0.6 is 23.4 Å². The third-order valence-corrected chi connectivity index (χ3v) is 9.69. The Bertz CT molecular complexity index is 1860. The van der Waals surface area contributed by atoms with E-state index in [1.165, 1.54) is 23.9 Å². The van der Waals surface area contributed by atoms with Gasteiger partial charge in [-0.2, -0.15) is 4.98 Å². The van der Waals surface area contributed by atoms with Crippen molar-refractivity contribution in [3.8, 4) is 11.1 Å². The van der Waals surface area contributed by atoms with Gasteiger partial charge in [0.05, 0.1) is 0 Å². The van der Waals surface area contributed by atoms with E-state index in [2.05, 4.69) is 48.0 Å². The number of halogens is 2. The molecule has 2 unspecified atom stereocenters. The van der Waals surface area contributed by atoms with Gasteiger partial charge in [0.25, 0.3) is 5.56 Å². The number of benzene rings is 3. The third kappa shape index (κ3) is 13.7. The second-order valence-electron chi connectivity index (χ2n) is 12.3. The van der Waals surface area contributed by atoms with Gasteiger partial charge in [0.1, 0.15) is 12.4 Å². The van der Waals surface area contributed by atoms with Gasteiger partial charge < -0.3 is 34.8 Å². The van der Waals surface area contributed by atoms with E-state index >= 15 is 0 Å². The van der Waals surface area contributed by atoms with Gasteiger partial charge in [0.2, 0.25) is 5.91 Å². The summed E-state index contributed by atoms with van der Waals surface area (Å²) in [7, 11) is 0. The fourth-order valence-corrected chi connectivity index (χ4v) is 6.24. The predicted molar refractivity (Wildman–Crippen MR) is 206 cm³/mol. The molecule has 1 amide bonds. The normalized spacial score (nSPS) is 12.1. The summed E-state index contributed by atoms with van der Waals surface area (Å²) >= 11 is 7.43. The first-order valence-electron chi connectivity index (χ1n) is 17.4. The van der Waals surface area contributed by atoms with Crippen LogP contribution in [-0.2, 0) is 39.6 Å². The van der Waals surface area contributed by atoms with Crippen molar-refractivity contribution in [2.75, 3.05) is 26.2 Å². The molecule has 2 atom stereocenters. The lowest BCUT2D eigenvalue weighted by molar-refractivity contribution is -0.165. The number of carbonyl (C=O) groups is 3. The molecule has 0 saturated heterocycles. The van der Waals surface area contributed by atoms with E-state index < -0.39 is 24.1 Å². The minimum atomic E-state index is -2.27. The van der Waals surface area contributed by atoms with E-state index in [9.17, 15) is 23.6 Å². The highest BCUT2D eigenvalue weighted by Crippen LogP contribution is 2.24. The number of carboxylic acid groups (broad SMARTS) is 2. The topological polar surface area (TPSA) is 174 Å². The zero-order chi connectivity index (χ0) is 39.8. The lowest BCUT2D eigenvalue weighted by Gasteiger charge is -2.27. The first-order valence-corrected chi connectivity index (χ1v) is 18.8. The number of hydrogen-bond donors (Lipinski definition) is 4. The molecular weight excluding hydrogens is 739 g/mol. The third-order valence-electron chi connectivity index (χ3n) is 8.38. The number of aryl methyl sites for hydroxylation is 1. The minimum absolute atomic E-state index is 0.0459. The lowest BCUT2D eigenvalue weighted by Crippen LogP contribution is -2.40. The molecule has 0 aliphatic carbocycles. The van der Waals surface area contributed by atoms with Gasteiger partial charge in [0, 0.05) is 42.2 Å². The number of carboxylic acids is 2. The molecule has 4 N–H and O–H groups in total. The minimum Gasteiger partial charge on any atom is -0.479 e. The quantitative estimate of drug-likeness (QED) is 0.0772. The fourth-order valence-electron chi connectivity index (χ4n) is 5.19. The van der Waals surface area contributed by atoms with Crippen molar-refractivity contribution in [2.24, 2.45) is 0 Å². The van der Waals surface area contributed by atoms with Crippen molar-refractivity contribution in [1.29, 1.82) is 0 Å². The van der Waals surface area contributed by atoms with Crippen LogP contribution in [0.15, 0.2) is 88.9 Å². The molecule has 0 radical (unpaired) electrons. The van der Waals surface area contributed by atoms with Crippen molar-refractivity contribution < 1.29 is 39.2 Å². The van der Waals surface area contributed by atoms with Crippen LogP contribution in [0.25, 0.3) is 11.1 Å². The van der Waals surface area contributed by atoms with Crippen molar-refractivity contribution in [3.63, 3.8) is 0 Å². The number of amides is 1. The molecule has 1 aromatic heterocycles. The van der Waals surface area contributed by atoms with Crippen LogP contribution in [0, 0.1) is 5.82 Å². The van der Waals surface area contributed by atoms with E-state index in [0.29, 0.717) is 41.0 Å². The molecule has 4 rings (SSSR count). The Morgan fingerprint density at radius 1 is 0.833 bits per heavy atom. The first-order chi connectivity index (χ1) is 25.8. The molecule has 0 aliphatic rings. The van der Waals surface area contributed by atoms with Crippen molar-refractivity contribution >= 4 is 41.2 Å². The molecule has 0 aliphatic heterocycles. The maximum Gasteiger partial charge on any atom is 0.335 e. The highest BCUT2D eigenvalue weighted by Gasteiger charge is 2.29. The molecule has 290 valence electrons. The predicted octanol–water partition coefficient (Wildman–Crippen LogP) is 5.20. The molecule has 54 heavy (non-hydrogen) atoms. The molecule has 0 fully saturated rings. The van der Waals surface area contributed by atoms with Crippen molar-refractivity contribution in [2.45, 2.75) is 69.8 Å². The van der Waals surface area contributed by atoms with E-state index in [4.69, 9.17) is 32.0 Å². The maximum atomic E-state index is 14.0. The molecule has 3 aromatic carbocycles. The lowest BCUT2D eigenvalue weighted by atomic mass is 10.0. The van der Waals surface area contributed by atoms with Gasteiger partial charge in [-0.05, 0) is 66.0 Å². The Morgan fingerprint density at radius 3 is 1.89 bits per heavy atom. The summed E-state index contributed by atoms with van der Waals surface area (Å²) in [6.45, 7) is 9.94. The maximum absolute atomic E-state index is 14.0. The van der Waals surface area contributed by atoms with Crippen LogP contribution in [0.4, 0.5) is 4.39 Å². The largest absolute Gasteiger partial charge is 0.479 e. The number of thioether (sulfide) groups is 1. The van der Waals surface area contributed by atoms with Gasteiger partial charge in [-0.25, -0.2) is 14.0 Å². The van der Waals surface area contributed by atoms with Crippen LogP contribution in [0.3, 0.4) is 0 Å². The summed E-state index contributed by atoms with van der Waals surface area (Å²) in [5, 5.41) is 33.7. The average Bonchev–Trinajstić information content (AvgIpc) is 3.16. The van der Waals surface area contributed by atoms with Gasteiger partial charge in [0.15, 0.2) is 17.4 Å². The Hall–Kier alpha value is -4.60. The number of carbonyl (C=O) groups excluding carboxylic acids is 1. The van der Waals surface area contributed by atoms with E-state index in [1.807, 2.05) is 36.1 Å². The molecule has 0 bridgehead atoms. The van der Waals surface area contributed by atoms with Gasteiger partial charge >= 0.3 is 11.9 Å². The van der Waals surface area contributed by atoms with Crippen LogP contribution < -0.4 is 5.56 Å². The second kappa shape index (κ2) is 21.9.